The van der Waals surface area contributed by atoms with Crippen LogP contribution in [0.3, 0.4) is 0 Å². The molecule has 0 fully saturated rings. The summed E-state index contributed by atoms with van der Waals surface area (Å²) in [6.45, 7) is 0. The zero-order chi connectivity index (χ0) is 10.6. The van der Waals surface area contributed by atoms with E-state index in [0.717, 1.165) is 12.8 Å². The molecule has 0 saturated carbocycles. The normalized spacial score (nSPS) is 21.0. The number of hydrogen-bond acceptors (Lipinski definition) is 4. The van der Waals surface area contributed by atoms with Crippen molar-refractivity contribution in [3.8, 4) is 0 Å². The molecule has 78 valence electrons. The van der Waals surface area contributed by atoms with Gasteiger partial charge in [0, 0.05) is 0 Å². The monoisotopic (exact) mass is 264 g/mol. The molecule has 1 unspecified atom stereocenters. The number of methoxy groups -OCH3 is 2. The van der Waals surface area contributed by atoms with Gasteiger partial charge >= 0.3 is 88.4 Å². The van der Waals surface area contributed by atoms with Crippen molar-refractivity contribution in [3.63, 3.8) is 0 Å². The fourth-order valence-corrected chi connectivity index (χ4v) is 3.56. The van der Waals surface area contributed by atoms with E-state index in [1.54, 1.807) is 0 Å². The first-order valence-corrected chi connectivity index (χ1v) is 6.06. The third kappa shape index (κ3) is 2.59. The fraction of sp³-hybridized carbons (Fsp3) is 0.556. The van der Waals surface area contributed by atoms with Gasteiger partial charge in [-0.3, -0.25) is 0 Å². The Kier molecular flexibility index (Phi) is 4.17. The van der Waals surface area contributed by atoms with Gasteiger partial charge in [-0.15, -0.1) is 0 Å². The Morgan fingerprint density at radius 2 is 2.14 bits per heavy atom. The van der Waals surface area contributed by atoms with Crippen LogP contribution in [0.1, 0.15) is 12.8 Å². The van der Waals surface area contributed by atoms with Crippen molar-refractivity contribution in [2.24, 2.45) is 0 Å². The van der Waals surface area contributed by atoms with Gasteiger partial charge in [0.1, 0.15) is 0 Å². The van der Waals surface area contributed by atoms with E-state index in [9.17, 15) is 9.59 Å². The topological polar surface area (TPSA) is 52.6 Å². The molecule has 5 heteroatoms. The Hall–Kier alpha value is -0.801. The van der Waals surface area contributed by atoms with Gasteiger partial charge in [-0.2, -0.15) is 0 Å². The summed E-state index contributed by atoms with van der Waals surface area (Å²) in [7, 11) is 2.72. The maximum atomic E-state index is 11.2. The van der Waals surface area contributed by atoms with Crippen molar-refractivity contribution in [2.45, 2.75) is 17.7 Å². The van der Waals surface area contributed by atoms with Crippen LogP contribution in [-0.4, -0.2) is 41.1 Å². The third-order valence-corrected chi connectivity index (χ3v) is 4.61. The second-order valence-corrected chi connectivity index (χ2v) is 5.38. The third-order valence-electron chi connectivity index (χ3n) is 1.88. The van der Waals surface area contributed by atoms with Crippen molar-refractivity contribution in [2.75, 3.05) is 14.2 Å². The molecule has 0 aromatic heterocycles. The van der Waals surface area contributed by atoms with Crippen molar-refractivity contribution >= 4 is 26.9 Å². The first kappa shape index (κ1) is 11.3. The molecule has 4 nitrogen and oxygen atoms in total. The molecule has 0 amide bonds. The SMILES string of the molecule is COC(=O)C1=CCCC(C(=O)OC)[Se]1. The van der Waals surface area contributed by atoms with Crippen LogP contribution in [0, 0.1) is 0 Å². The summed E-state index contributed by atoms with van der Waals surface area (Å²) in [6.07, 6.45) is 3.37. The van der Waals surface area contributed by atoms with Crippen LogP contribution in [0.15, 0.2) is 10.5 Å². The summed E-state index contributed by atoms with van der Waals surface area (Å²) in [5.41, 5.74) is 0. The molecule has 0 aliphatic carbocycles. The van der Waals surface area contributed by atoms with Gasteiger partial charge in [0.15, 0.2) is 0 Å². The molecule has 14 heavy (non-hydrogen) atoms. The standard InChI is InChI=1S/C9H12O4Se/c1-12-8(10)6-4-3-5-7(14-6)9(11)13-2/h4,7H,3,5H2,1-2H3. The van der Waals surface area contributed by atoms with Gasteiger partial charge in [0.2, 0.25) is 0 Å². The summed E-state index contributed by atoms with van der Waals surface area (Å²) in [5, 5.41) is 0. The summed E-state index contributed by atoms with van der Waals surface area (Å²) in [5.74, 6) is -0.543. The molecule has 0 N–H and O–H groups in total. The van der Waals surface area contributed by atoms with Crippen LogP contribution < -0.4 is 0 Å². The van der Waals surface area contributed by atoms with Crippen LogP contribution in [0.4, 0.5) is 0 Å². The molecule has 0 bridgehead atoms. The number of carbonyl (C=O) groups is 2. The predicted molar refractivity (Wildman–Crippen MR) is 50.9 cm³/mol. The van der Waals surface area contributed by atoms with Crippen molar-refractivity contribution < 1.29 is 19.1 Å². The van der Waals surface area contributed by atoms with Gasteiger partial charge in [0.05, 0.1) is 0 Å². The van der Waals surface area contributed by atoms with Crippen LogP contribution in [0.5, 0.6) is 0 Å². The fourth-order valence-electron chi connectivity index (χ4n) is 1.16. The molecule has 0 aromatic rings. The Labute approximate surface area is 88.8 Å². The molecule has 0 saturated heterocycles. The number of rotatable bonds is 2. The molecule has 1 aliphatic heterocycles. The van der Waals surface area contributed by atoms with E-state index >= 15 is 0 Å². The van der Waals surface area contributed by atoms with E-state index in [0.29, 0.717) is 4.47 Å². The summed E-state index contributed by atoms with van der Waals surface area (Å²) >= 11 is -0.154. The van der Waals surface area contributed by atoms with Crippen LogP contribution in [-0.2, 0) is 19.1 Å². The predicted octanol–water partition coefficient (Wildman–Crippen LogP) is 0.503. The minimum absolute atomic E-state index is 0.133. The quantitative estimate of drug-likeness (QED) is 0.538. The Morgan fingerprint density at radius 1 is 1.43 bits per heavy atom. The average Bonchev–Trinajstić information content (AvgIpc) is 2.27. The number of hydrogen-bond donors (Lipinski definition) is 0. The summed E-state index contributed by atoms with van der Waals surface area (Å²) < 4.78 is 9.90. The number of allylic oxidation sites excluding steroid dienone is 1. The van der Waals surface area contributed by atoms with Crippen LogP contribution in [0.25, 0.3) is 0 Å². The van der Waals surface area contributed by atoms with E-state index in [-0.39, 0.29) is 31.7 Å². The summed E-state index contributed by atoms with van der Waals surface area (Å²) in [6, 6.07) is 0. The van der Waals surface area contributed by atoms with Gasteiger partial charge in [-0.1, -0.05) is 0 Å². The molecule has 1 heterocycles. The summed E-state index contributed by atoms with van der Waals surface area (Å²) in [4.78, 5) is 22.3. The van der Waals surface area contributed by atoms with Crippen molar-refractivity contribution in [1.29, 1.82) is 0 Å². The zero-order valence-electron chi connectivity index (χ0n) is 8.11. The van der Waals surface area contributed by atoms with E-state index in [1.165, 1.54) is 14.2 Å². The maximum absolute atomic E-state index is 11.2. The Morgan fingerprint density at radius 3 is 2.71 bits per heavy atom. The van der Waals surface area contributed by atoms with Gasteiger partial charge in [-0.05, 0) is 0 Å². The molecule has 1 rings (SSSR count). The molecule has 0 spiro atoms. The second kappa shape index (κ2) is 5.17. The van der Waals surface area contributed by atoms with Crippen LogP contribution in [0.2, 0.25) is 4.82 Å². The molecule has 1 atom stereocenters. The van der Waals surface area contributed by atoms with E-state index in [1.807, 2.05) is 6.08 Å². The molecule has 0 aromatic carbocycles. The van der Waals surface area contributed by atoms with E-state index in [2.05, 4.69) is 9.47 Å². The number of ether oxygens (including phenoxy) is 2. The first-order chi connectivity index (χ1) is 6.69. The molecular weight excluding hydrogens is 251 g/mol. The van der Waals surface area contributed by atoms with Gasteiger partial charge in [0.25, 0.3) is 0 Å². The van der Waals surface area contributed by atoms with Crippen LogP contribution >= 0.6 is 0 Å². The molecule has 0 radical (unpaired) electrons. The number of carbonyl (C=O) groups excluding carboxylic acids is 2. The Bertz CT molecular complexity index is 272. The Balaban J connectivity index is 2.62. The van der Waals surface area contributed by atoms with Crippen molar-refractivity contribution in [3.05, 3.63) is 10.5 Å². The zero-order valence-corrected chi connectivity index (χ0v) is 9.82. The second-order valence-electron chi connectivity index (χ2n) is 2.77. The van der Waals surface area contributed by atoms with E-state index < -0.39 is 0 Å². The van der Waals surface area contributed by atoms with Gasteiger partial charge < -0.3 is 0 Å². The first-order valence-electron chi connectivity index (χ1n) is 4.22. The van der Waals surface area contributed by atoms with E-state index in [4.69, 9.17) is 0 Å². The average molecular weight is 263 g/mol. The molecular formula is C9H12O4Se. The number of esters is 2. The van der Waals surface area contributed by atoms with Gasteiger partial charge in [-0.25, -0.2) is 0 Å². The van der Waals surface area contributed by atoms with Crippen molar-refractivity contribution in [1.82, 2.24) is 0 Å². The minimum atomic E-state index is -0.321. The molecule has 1 aliphatic rings.